The molecule has 0 atom stereocenters. The third kappa shape index (κ3) is 5.07. The summed E-state index contributed by atoms with van der Waals surface area (Å²) in [7, 11) is 0. The summed E-state index contributed by atoms with van der Waals surface area (Å²) in [5.41, 5.74) is 2.29. The van der Waals surface area contributed by atoms with Crippen molar-refractivity contribution < 1.29 is 9.21 Å². The number of piperazine rings is 1. The number of carbonyl (C=O) groups excluding carboxylic acids is 1. The van der Waals surface area contributed by atoms with E-state index in [2.05, 4.69) is 32.6 Å². The number of amides is 1. The zero-order valence-electron chi connectivity index (χ0n) is 15.7. The molecular weight excluding hydrogens is 372 g/mol. The predicted octanol–water partition coefficient (Wildman–Crippen LogP) is 2.84. The number of hydrogen-bond donors (Lipinski definition) is 1. The van der Waals surface area contributed by atoms with Crippen LogP contribution in [0.5, 0.6) is 0 Å². The Morgan fingerprint density at radius 1 is 1.07 bits per heavy atom. The monoisotopic (exact) mass is 396 g/mol. The molecule has 4 rings (SSSR count). The molecule has 146 valence electrons. The maximum absolute atomic E-state index is 12.1. The van der Waals surface area contributed by atoms with Crippen molar-refractivity contribution in [3.63, 3.8) is 0 Å². The molecule has 0 radical (unpaired) electrons. The van der Waals surface area contributed by atoms with Crippen LogP contribution >= 0.6 is 11.3 Å². The van der Waals surface area contributed by atoms with Crippen LogP contribution in [-0.2, 0) is 17.9 Å². The molecule has 7 heteroatoms. The molecule has 1 N–H and O–H groups in total. The van der Waals surface area contributed by atoms with Gasteiger partial charge in [-0.2, -0.15) is 0 Å². The molecule has 3 aromatic rings. The minimum Gasteiger partial charge on any atom is -0.467 e. The fourth-order valence-corrected chi connectivity index (χ4v) is 4.10. The number of nitrogens with one attached hydrogen (secondary N) is 1. The third-order valence-corrected chi connectivity index (χ3v) is 5.77. The predicted molar refractivity (Wildman–Crippen MR) is 110 cm³/mol. The molecule has 3 heterocycles. The van der Waals surface area contributed by atoms with E-state index in [4.69, 9.17) is 9.40 Å². The topological polar surface area (TPSA) is 61.6 Å². The van der Waals surface area contributed by atoms with Crippen molar-refractivity contribution in [1.82, 2.24) is 20.1 Å². The molecule has 0 bridgehead atoms. The van der Waals surface area contributed by atoms with E-state index in [9.17, 15) is 4.79 Å². The van der Waals surface area contributed by atoms with Gasteiger partial charge in [0.1, 0.15) is 10.8 Å². The van der Waals surface area contributed by atoms with Gasteiger partial charge in [0.25, 0.3) is 0 Å². The molecule has 1 aliphatic heterocycles. The minimum atomic E-state index is 0.0388. The summed E-state index contributed by atoms with van der Waals surface area (Å²) in [5.74, 6) is 0.813. The van der Waals surface area contributed by atoms with Gasteiger partial charge in [0.15, 0.2) is 0 Å². The maximum atomic E-state index is 12.1. The normalized spacial score (nSPS) is 15.6. The highest BCUT2D eigenvalue weighted by Gasteiger charge is 2.20. The number of nitrogens with zero attached hydrogens (tertiary/aromatic N) is 3. The lowest BCUT2D eigenvalue weighted by Crippen LogP contribution is -2.49. The second kappa shape index (κ2) is 9.14. The van der Waals surface area contributed by atoms with Crippen molar-refractivity contribution in [2.75, 3.05) is 32.7 Å². The van der Waals surface area contributed by atoms with E-state index >= 15 is 0 Å². The fourth-order valence-electron chi connectivity index (χ4n) is 3.29. The van der Waals surface area contributed by atoms with Crippen LogP contribution in [-0.4, -0.2) is 53.4 Å². The summed E-state index contributed by atoms with van der Waals surface area (Å²) in [5, 5.41) is 6.13. The Morgan fingerprint density at radius 3 is 2.61 bits per heavy atom. The van der Waals surface area contributed by atoms with Gasteiger partial charge in [-0.25, -0.2) is 4.98 Å². The number of carbonyl (C=O) groups is 1. The van der Waals surface area contributed by atoms with Gasteiger partial charge in [-0.3, -0.25) is 14.6 Å². The van der Waals surface area contributed by atoms with E-state index in [1.807, 2.05) is 30.3 Å². The van der Waals surface area contributed by atoms with Gasteiger partial charge in [0.2, 0.25) is 5.91 Å². The van der Waals surface area contributed by atoms with Crippen LogP contribution in [0.25, 0.3) is 10.6 Å². The van der Waals surface area contributed by atoms with Gasteiger partial charge < -0.3 is 9.73 Å². The van der Waals surface area contributed by atoms with Crippen LogP contribution in [0, 0.1) is 0 Å². The van der Waals surface area contributed by atoms with Crippen LogP contribution in [0.15, 0.2) is 58.5 Å². The number of hydrogen-bond acceptors (Lipinski definition) is 6. The first-order valence-electron chi connectivity index (χ1n) is 9.50. The van der Waals surface area contributed by atoms with E-state index in [1.54, 1.807) is 17.6 Å². The largest absolute Gasteiger partial charge is 0.467 e. The first-order chi connectivity index (χ1) is 13.8. The van der Waals surface area contributed by atoms with E-state index in [0.717, 1.165) is 49.2 Å². The van der Waals surface area contributed by atoms with Gasteiger partial charge in [-0.05, 0) is 12.1 Å². The van der Waals surface area contributed by atoms with Crippen molar-refractivity contribution in [3.05, 3.63) is 65.6 Å². The second-order valence-corrected chi connectivity index (χ2v) is 7.78. The summed E-state index contributed by atoms with van der Waals surface area (Å²) in [6.45, 7) is 5.42. The number of furan rings is 1. The minimum absolute atomic E-state index is 0.0388. The van der Waals surface area contributed by atoms with Crippen LogP contribution < -0.4 is 5.32 Å². The Kier molecular flexibility index (Phi) is 6.16. The van der Waals surface area contributed by atoms with Crippen LogP contribution in [0.4, 0.5) is 0 Å². The van der Waals surface area contributed by atoms with Crippen molar-refractivity contribution in [1.29, 1.82) is 0 Å². The smallest absolute Gasteiger partial charge is 0.234 e. The van der Waals surface area contributed by atoms with Crippen LogP contribution in [0.2, 0.25) is 0 Å². The van der Waals surface area contributed by atoms with Gasteiger partial charge in [0, 0.05) is 43.7 Å². The van der Waals surface area contributed by atoms with Gasteiger partial charge in [-0.1, -0.05) is 30.3 Å². The second-order valence-electron chi connectivity index (χ2n) is 6.92. The lowest BCUT2D eigenvalue weighted by atomic mass is 10.2. The number of aromatic nitrogens is 1. The fraction of sp³-hybridized carbons (Fsp3) is 0.333. The highest BCUT2D eigenvalue weighted by Crippen LogP contribution is 2.24. The van der Waals surface area contributed by atoms with E-state index < -0.39 is 0 Å². The molecule has 0 unspecified atom stereocenters. The molecule has 6 nitrogen and oxygen atoms in total. The summed E-state index contributed by atoms with van der Waals surface area (Å²) in [6.07, 6.45) is 1.62. The van der Waals surface area contributed by atoms with E-state index in [1.165, 1.54) is 5.56 Å². The summed E-state index contributed by atoms with van der Waals surface area (Å²) < 4.78 is 5.23. The molecule has 28 heavy (non-hydrogen) atoms. The molecule has 1 aliphatic rings. The van der Waals surface area contributed by atoms with Crippen molar-refractivity contribution in [2.24, 2.45) is 0 Å². The first kappa shape index (κ1) is 18.9. The lowest BCUT2D eigenvalue weighted by Gasteiger charge is -2.33. The molecule has 1 fully saturated rings. The zero-order valence-corrected chi connectivity index (χ0v) is 16.5. The molecule has 2 aromatic heterocycles. The summed E-state index contributed by atoms with van der Waals surface area (Å²) >= 11 is 1.70. The zero-order chi connectivity index (χ0) is 19.2. The first-order valence-corrected chi connectivity index (χ1v) is 10.4. The lowest BCUT2D eigenvalue weighted by molar-refractivity contribution is -0.122. The molecule has 1 aromatic carbocycles. The van der Waals surface area contributed by atoms with Crippen molar-refractivity contribution >= 4 is 17.2 Å². The van der Waals surface area contributed by atoms with E-state index in [-0.39, 0.29) is 5.91 Å². The van der Waals surface area contributed by atoms with Crippen molar-refractivity contribution in [2.45, 2.75) is 13.1 Å². The molecule has 1 saturated heterocycles. The maximum Gasteiger partial charge on any atom is 0.234 e. The van der Waals surface area contributed by atoms with Crippen LogP contribution in [0.1, 0.15) is 11.5 Å². The van der Waals surface area contributed by atoms with E-state index in [0.29, 0.717) is 13.1 Å². The molecule has 0 aliphatic carbocycles. The Labute approximate surface area is 168 Å². The summed E-state index contributed by atoms with van der Waals surface area (Å²) in [6, 6.07) is 14.0. The molecule has 0 spiro atoms. The highest BCUT2D eigenvalue weighted by molar-refractivity contribution is 7.13. The average Bonchev–Trinajstić information content (AvgIpc) is 3.41. The molecule has 1 amide bonds. The van der Waals surface area contributed by atoms with Crippen molar-refractivity contribution in [3.8, 4) is 10.6 Å². The van der Waals surface area contributed by atoms with Gasteiger partial charge >= 0.3 is 0 Å². The van der Waals surface area contributed by atoms with Gasteiger partial charge in [0.05, 0.1) is 25.0 Å². The Hall–Kier alpha value is -2.48. The molecular formula is C21H24N4O2S. The summed E-state index contributed by atoms with van der Waals surface area (Å²) in [4.78, 5) is 21.5. The number of benzene rings is 1. The Balaban J connectivity index is 1.20. The number of thiazole rings is 1. The third-order valence-electron chi connectivity index (χ3n) is 4.83. The standard InChI is InChI=1S/C21H24N4O2S/c26-20(22-13-19-7-4-12-27-19)15-25-10-8-24(9-11-25)14-18-16-28-21(23-18)17-5-2-1-3-6-17/h1-7,12,16H,8-11,13-15H2,(H,22,26). The number of rotatable bonds is 7. The highest BCUT2D eigenvalue weighted by atomic mass is 32.1. The average molecular weight is 397 g/mol. The SMILES string of the molecule is O=C(CN1CCN(Cc2csc(-c3ccccc3)n2)CC1)NCc1ccco1. The quantitative estimate of drug-likeness (QED) is 0.665. The Bertz CT molecular complexity index is 871. The van der Waals surface area contributed by atoms with Gasteiger partial charge in [-0.15, -0.1) is 11.3 Å². The van der Waals surface area contributed by atoms with Crippen LogP contribution in [0.3, 0.4) is 0 Å². The molecule has 0 saturated carbocycles. The Morgan fingerprint density at radius 2 is 1.86 bits per heavy atom.